The van der Waals surface area contributed by atoms with Crippen LogP contribution in [0, 0.1) is 6.92 Å². The van der Waals surface area contributed by atoms with Crippen molar-refractivity contribution in [1.29, 1.82) is 0 Å². The van der Waals surface area contributed by atoms with E-state index in [1.165, 1.54) is 6.33 Å². The molecule has 1 heterocycles. The summed E-state index contributed by atoms with van der Waals surface area (Å²) in [6.07, 6.45) is 2.41. The number of carbonyl (C=O) groups is 1. The Morgan fingerprint density at radius 3 is 3.00 bits per heavy atom. The van der Waals surface area contributed by atoms with Crippen molar-refractivity contribution < 1.29 is 9.53 Å². The zero-order chi connectivity index (χ0) is 14.5. The molecule has 2 rings (SSSR count). The predicted molar refractivity (Wildman–Crippen MR) is 75.0 cm³/mol. The Morgan fingerprint density at radius 2 is 2.25 bits per heavy atom. The molecule has 0 aliphatic rings. The van der Waals surface area contributed by atoms with Crippen LogP contribution in [0.4, 0.5) is 5.69 Å². The second-order valence-corrected chi connectivity index (χ2v) is 4.50. The molecule has 0 atom stereocenters. The van der Waals surface area contributed by atoms with Gasteiger partial charge < -0.3 is 10.5 Å². The van der Waals surface area contributed by atoms with E-state index in [1.807, 2.05) is 6.92 Å². The first-order valence-electron chi connectivity index (χ1n) is 6.52. The molecular weight excluding hydrogens is 256 g/mol. The average molecular weight is 274 g/mol. The first-order chi connectivity index (χ1) is 9.63. The monoisotopic (exact) mass is 274 g/mol. The van der Waals surface area contributed by atoms with Crippen LogP contribution in [0.15, 0.2) is 24.5 Å². The number of hydrogen-bond acceptors (Lipinski definition) is 5. The fraction of sp³-hybridized carbons (Fsp3) is 0.357. The van der Waals surface area contributed by atoms with Gasteiger partial charge in [-0.2, -0.15) is 5.10 Å². The molecule has 0 aliphatic heterocycles. The Morgan fingerprint density at radius 1 is 1.45 bits per heavy atom. The summed E-state index contributed by atoms with van der Waals surface area (Å²) in [5.74, 6) is 0.239. The highest BCUT2D eigenvalue weighted by Gasteiger charge is 2.13. The number of hydrogen-bond donors (Lipinski definition) is 1. The molecule has 20 heavy (non-hydrogen) atoms. The van der Waals surface area contributed by atoms with Gasteiger partial charge in [-0.1, -0.05) is 13.0 Å². The minimum Gasteiger partial charge on any atom is -0.454 e. The van der Waals surface area contributed by atoms with Gasteiger partial charge in [0.05, 0.1) is 5.56 Å². The van der Waals surface area contributed by atoms with Crippen LogP contribution in [0.25, 0.3) is 0 Å². The van der Waals surface area contributed by atoms with Gasteiger partial charge in [-0.05, 0) is 31.0 Å². The molecule has 0 unspecified atom stereocenters. The minimum absolute atomic E-state index is 0.104. The van der Waals surface area contributed by atoms with Crippen molar-refractivity contribution in [1.82, 2.24) is 14.8 Å². The van der Waals surface area contributed by atoms with Crippen LogP contribution in [-0.4, -0.2) is 20.7 Å². The first kappa shape index (κ1) is 14.0. The second kappa shape index (κ2) is 6.18. The number of anilines is 1. The second-order valence-electron chi connectivity index (χ2n) is 4.50. The third kappa shape index (κ3) is 2.96. The summed E-state index contributed by atoms with van der Waals surface area (Å²) >= 11 is 0. The van der Waals surface area contributed by atoms with Gasteiger partial charge >= 0.3 is 5.97 Å². The molecular formula is C14H18N4O2. The maximum atomic E-state index is 12.0. The summed E-state index contributed by atoms with van der Waals surface area (Å²) in [6, 6.07) is 5.19. The number of rotatable bonds is 5. The van der Waals surface area contributed by atoms with Gasteiger partial charge in [-0.15, -0.1) is 0 Å². The van der Waals surface area contributed by atoms with Crippen molar-refractivity contribution in [2.45, 2.75) is 33.4 Å². The summed E-state index contributed by atoms with van der Waals surface area (Å²) in [5, 5.41) is 4.08. The van der Waals surface area contributed by atoms with Gasteiger partial charge in [0.15, 0.2) is 12.4 Å². The molecule has 1 aromatic carbocycles. The lowest BCUT2D eigenvalue weighted by Gasteiger charge is -2.09. The minimum atomic E-state index is -0.402. The summed E-state index contributed by atoms with van der Waals surface area (Å²) in [4.78, 5) is 16.1. The van der Waals surface area contributed by atoms with Crippen molar-refractivity contribution in [3.8, 4) is 0 Å². The van der Waals surface area contributed by atoms with Crippen LogP contribution in [0.5, 0.6) is 0 Å². The van der Waals surface area contributed by atoms with E-state index in [1.54, 1.807) is 29.8 Å². The molecule has 6 nitrogen and oxygen atoms in total. The van der Waals surface area contributed by atoms with Crippen molar-refractivity contribution in [2.24, 2.45) is 0 Å². The highest BCUT2D eigenvalue weighted by Crippen LogP contribution is 2.16. The van der Waals surface area contributed by atoms with E-state index in [4.69, 9.17) is 10.5 Å². The van der Waals surface area contributed by atoms with Crippen LogP contribution in [0.1, 0.15) is 35.1 Å². The molecule has 0 amide bonds. The standard InChI is InChI=1S/C14H18N4O2/c1-3-7-18-13(16-9-17-18)8-20-14(19)11-5-4-6-12(15)10(11)2/h4-6,9H,3,7-8,15H2,1-2H3. The number of nitrogens with zero attached hydrogens (tertiary/aromatic N) is 3. The number of nitrogens with two attached hydrogens (primary N) is 1. The smallest absolute Gasteiger partial charge is 0.338 e. The summed E-state index contributed by atoms with van der Waals surface area (Å²) in [7, 11) is 0. The largest absolute Gasteiger partial charge is 0.454 e. The average Bonchev–Trinajstić information content (AvgIpc) is 2.87. The van der Waals surface area contributed by atoms with Crippen LogP contribution >= 0.6 is 0 Å². The summed E-state index contributed by atoms with van der Waals surface area (Å²) in [5.41, 5.74) is 7.56. The highest BCUT2D eigenvalue weighted by molar-refractivity contribution is 5.92. The summed E-state index contributed by atoms with van der Waals surface area (Å²) in [6.45, 7) is 4.70. The zero-order valence-corrected chi connectivity index (χ0v) is 11.7. The maximum absolute atomic E-state index is 12.0. The lowest BCUT2D eigenvalue weighted by Crippen LogP contribution is -2.12. The number of carbonyl (C=O) groups excluding carboxylic acids is 1. The normalized spacial score (nSPS) is 10.5. The van der Waals surface area contributed by atoms with Gasteiger partial charge in [0, 0.05) is 12.2 Å². The van der Waals surface area contributed by atoms with Crippen molar-refractivity contribution in [2.75, 3.05) is 5.73 Å². The van der Waals surface area contributed by atoms with Crippen LogP contribution in [0.3, 0.4) is 0 Å². The third-order valence-corrected chi connectivity index (χ3v) is 3.06. The molecule has 0 fully saturated rings. The Labute approximate surface area is 117 Å². The van der Waals surface area contributed by atoms with Crippen LogP contribution in [-0.2, 0) is 17.9 Å². The summed E-state index contributed by atoms with van der Waals surface area (Å²) < 4.78 is 7.01. The number of ether oxygens (including phenoxy) is 1. The number of benzene rings is 1. The SMILES string of the molecule is CCCn1ncnc1COC(=O)c1cccc(N)c1C. The molecule has 2 aromatic rings. The molecule has 0 aliphatic carbocycles. The highest BCUT2D eigenvalue weighted by atomic mass is 16.5. The van der Waals surface area contributed by atoms with Crippen LogP contribution in [0.2, 0.25) is 0 Å². The van der Waals surface area contributed by atoms with E-state index in [0.717, 1.165) is 18.5 Å². The van der Waals surface area contributed by atoms with Crippen molar-refractivity contribution in [3.05, 3.63) is 41.5 Å². The van der Waals surface area contributed by atoms with Gasteiger partial charge in [-0.25, -0.2) is 14.5 Å². The zero-order valence-electron chi connectivity index (χ0n) is 11.7. The fourth-order valence-corrected chi connectivity index (χ4v) is 1.88. The first-order valence-corrected chi connectivity index (χ1v) is 6.52. The molecule has 2 N–H and O–H groups in total. The van der Waals surface area contributed by atoms with Gasteiger partial charge in [-0.3, -0.25) is 0 Å². The fourth-order valence-electron chi connectivity index (χ4n) is 1.88. The molecule has 1 aromatic heterocycles. The lowest BCUT2D eigenvalue weighted by molar-refractivity contribution is 0.0456. The van der Waals surface area contributed by atoms with Gasteiger partial charge in [0.1, 0.15) is 6.33 Å². The molecule has 6 heteroatoms. The van der Waals surface area contributed by atoms with Crippen molar-refractivity contribution >= 4 is 11.7 Å². The number of aromatic nitrogens is 3. The predicted octanol–water partition coefficient (Wildman–Crippen LogP) is 1.94. The maximum Gasteiger partial charge on any atom is 0.338 e. The van der Waals surface area contributed by atoms with E-state index in [9.17, 15) is 4.79 Å². The van der Waals surface area contributed by atoms with E-state index in [0.29, 0.717) is 17.1 Å². The third-order valence-electron chi connectivity index (χ3n) is 3.06. The number of esters is 1. The molecule has 0 saturated heterocycles. The van der Waals surface area contributed by atoms with E-state index < -0.39 is 5.97 Å². The Kier molecular flexibility index (Phi) is 4.34. The molecule has 0 radical (unpaired) electrons. The van der Waals surface area contributed by atoms with E-state index in [2.05, 4.69) is 10.1 Å². The number of aryl methyl sites for hydroxylation is 1. The van der Waals surface area contributed by atoms with Crippen LogP contribution < -0.4 is 5.73 Å². The van der Waals surface area contributed by atoms with Gasteiger partial charge in [0.2, 0.25) is 0 Å². The topological polar surface area (TPSA) is 83.0 Å². The lowest BCUT2D eigenvalue weighted by atomic mass is 10.1. The molecule has 0 bridgehead atoms. The Bertz CT molecular complexity index is 607. The van der Waals surface area contributed by atoms with Crippen molar-refractivity contribution in [3.63, 3.8) is 0 Å². The van der Waals surface area contributed by atoms with E-state index in [-0.39, 0.29) is 6.61 Å². The quantitative estimate of drug-likeness (QED) is 0.665. The molecule has 106 valence electrons. The molecule has 0 spiro atoms. The Hall–Kier alpha value is -2.37. The number of nitrogen functional groups attached to an aromatic ring is 1. The van der Waals surface area contributed by atoms with E-state index >= 15 is 0 Å². The Balaban J connectivity index is 2.05. The molecule has 0 saturated carbocycles. The van der Waals surface area contributed by atoms with Gasteiger partial charge in [0.25, 0.3) is 0 Å².